The van der Waals surface area contributed by atoms with Gasteiger partial charge in [0.25, 0.3) is 5.91 Å². The Kier molecular flexibility index (Phi) is 3.69. The van der Waals surface area contributed by atoms with Crippen LogP contribution in [0.2, 0.25) is 0 Å². The molecule has 0 spiro atoms. The monoisotopic (exact) mass is 255 g/mol. The maximum absolute atomic E-state index is 12.3. The second-order valence-corrected chi connectivity index (χ2v) is 5.25. The van der Waals surface area contributed by atoms with Gasteiger partial charge in [-0.15, -0.1) is 11.3 Å². The van der Waals surface area contributed by atoms with E-state index < -0.39 is 0 Å². The Balaban J connectivity index is 2.20. The number of rotatable bonds is 3. The van der Waals surface area contributed by atoms with Crippen molar-refractivity contribution in [3.63, 3.8) is 0 Å². The van der Waals surface area contributed by atoms with Crippen LogP contribution in [0.25, 0.3) is 0 Å². The molecule has 1 N–H and O–H groups in total. The summed E-state index contributed by atoms with van der Waals surface area (Å²) in [6.45, 7) is 2.81. The Morgan fingerprint density at radius 3 is 3.12 bits per heavy atom. The lowest BCUT2D eigenvalue weighted by Gasteiger charge is -2.24. The van der Waals surface area contributed by atoms with Gasteiger partial charge in [-0.1, -0.05) is 6.92 Å². The summed E-state index contributed by atoms with van der Waals surface area (Å²) in [5.41, 5.74) is 0. The first kappa shape index (κ1) is 12.4. The van der Waals surface area contributed by atoms with Gasteiger partial charge in [-0.25, -0.2) is 0 Å². The number of ether oxygens (including phenoxy) is 1. The highest BCUT2D eigenvalue weighted by Crippen LogP contribution is 2.31. The predicted molar refractivity (Wildman–Crippen MR) is 66.6 cm³/mol. The van der Waals surface area contributed by atoms with Crippen LogP contribution in [0, 0.1) is 5.92 Å². The minimum Gasteiger partial charge on any atom is -0.495 e. The average molecular weight is 255 g/mol. The van der Waals surface area contributed by atoms with Crippen molar-refractivity contribution in [3.05, 3.63) is 16.3 Å². The van der Waals surface area contributed by atoms with E-state index in [1.54, 1.807) is 18.1 Å². The van der Waals surface area contributed by atoms with Crippen LogP contribution >= 0.6 is 11.3 Å². The van der Waals surface area contributed by atoms with Crippen molar-refractivity contribution in [2.45, 2.75) is 19.4 Å². The van der Waals surface area contributed by atoms with Crippen LogP contribution in [0.1, 0.15) is 23.0 Å². The van der Waals surface area contributed by atoms with Crippen molar-refractivity contribution < 1.29 is 14.6 Å². The summed E-state index contributed by atoms with van der Waals surface area (Å²) in [5.74, 6) is 0.950. The van der Waals surface area contributed by atoms with Gasteiger partial charge in [0.15, 0.2) is 0 Å². The number of hydrogen-bond acceptors (Lipinski definition) is 4. The number of aliphatic hydroxyl groups excluding tert-OH is 1. The second-order valence-electron chi connectivity index (χ2n) is 4.33. The van der Waals surface area contributed by atoms with Crippen molar-refractivity contribution in [3.8, 4) is 5.75 Å². The zero-order valence-electron chi connectivity index (χ0n) is 10.0. The summed E-state index contributed by atoms with van der Waals surface area (Å²) in [6, 6.07) is 1.74. The van der Waals surface area contributed by atoms with Crippen LogP contribution in [0.3, 0.4) is 0 Å². The molecule has 17 heavy (non-hydrogen) atoms. The fourth-order valence-electron chi connectivity index (χ4n) is 2.28. The molecule has 1 fully saturated rings. The molecule has 94 valence electrons. The van der Waals surface area contributed by atoms with Crippen molar-refractivity contribution in [2.75, 3.05) is 20.3 Å². The standard InChI is InChI=1S/C12H17NO3S/c1-8-3-5-13(9(8)7-14)12(15)11-10(16-2)4-6-17-11/h4,6,8-9,14H,3,5,7H2,1-2H3. The van der Waals surface area contributed by atoms with Gasteiger partial charge in [-0.3, -0.25) is 4.79 Å². The van der Waals surface area contributed by atoms with E-state index in [-0.39, 0.29) is 18.6 Å². The van der Waals surface area contributed by atoms with Crippen LogP contribution in [0.15, 0.2) is 11.4 Å². The molecule has 0 aromatic carbocycles. The molecule has 0 radical (unpaired) electrons. The summed E-state index contributed by atoms with van der Waals surface area (Å²) in [5, 5.41) is 11.2. The number of nitrogens with zero attached hydrogens (tertiary/aromatic N) is 1. The first-order chi connectivity index (χ1) is 8.19. The molecule has 1 amide bonds. The van der Waals surface area contributed by atoms with Crippen LogP contribution in [0.4, 0.5) is 0 Å². The predicted octanol–water partition coefficient (Wildman–Crippen LogP) is 1.60. The number of carbonyl (C=O) groups excluding carboxylic acids is 1. The lowest BCUT2D eigenvalue weighted by atomic mass is 10.0. The molecular formula is C12H17NO3S. The van der Waals surface area contributed by atoms with Crippen molar-refractivity contribution in [1.82, 2.24) is 4.90 Å². The molecule has 0 bridgehead atoms. The Bertz CT molecular complexity index is 404. The third kappa shape index (κ3) is 2.17. The summed E-state index contributed by atoms with van der Waals surface area (Å²) >= 11 is 1.38. The molecule has 2 rings (SSSR count). The fraction of sp³-hybridized carbons (Fsp3) is 0.583. The lowest BCUT2D eigenvalue weighted by molar-refractivity contribution is 0.0650. The van der Waals surface area contributed by atoms with Gasteiger partial charge in [0.05, 0.1) is 19.8 Å². The number of thiophene rings is 1. The Hall–Kier alpha value is -1.07. The zero-order valence-corrected chi connectivity index (χ0v) is 10.9. The Morgan fingerprint density at radius 1 is 1.71 bits per heavy atom. The molecule has 2 heterocycles. The van der Waals surface area contributed by atoms with E-state index in [2.05, 4.69) is 6.92 Å². The third-order valence-electron chi connectivity index (χ3n) is 3.37. The Morgan fingerprint density at radius 2 is 2.47 bits per heavy atom. The maximum atomic E-state index is 12.3. The average Bonchev–Trinajstić information content (AvgIpc) is 2.93. The maximum Gasteiger partial charge on any atom is 0.268 e. The van der Waals surface area contributed by atoms with Crippen molar-refractivity contribution in [2.24, 2.45) is 5.92 Å². The SMILES string of the molecule is COc1ccsc1C(=O)N1CCC(C)C1CO. The quantitative estimate of drug-likeness (QED) is 0.892. The van der Waals surface area contributed by atoms with Crippen molar-refractivity contribution in [1.29, 1.82) is 0 Å². The molecule has 0 saturated carbocycles. The van der Waals surface area contributed by atoms with Gasteiger partial charge in [0.2, 0.25) is 0 Å². The van der Waals surface area contributed by atoms with E-state index in [4.69, 9.17) is 4.74 Å². The Labute approximate surface area is 105 Å². The smallest absolute Gasteiger partial charge is 0.268 e. The first-order valence-corrected chi connectivity index (χ1v) is 6.60. The summed E-state index contributed by atoms with van der Waals surface area (Å²) < 4.78 is 5.16. The normalized spacial score (nSPS) is 24.1. The molecule has 5 heteroatoms. The highest BCUT2D eigenvalue weighted by atomic mass is 32.1. The molecule has 1 aliphatic heterocycles. The summed E-state index contributed by atoms with van der Waals surface area (Å²) in [7, 11) is 1.56. The summed E-state index contributed by atoms with van der Waals surface area (Å²) in [6.07, 6.45) is 0.949. The largest absolute Gasteiger partial charge is 0.495 e. The number of methoxy groups -OCH3 is 1. The highest BCUT2D eigenvalue weighted by Gasteiger charge is 2.35. The number of hydrogen-bond donors (Lipinski definition) is 1. The number of aliphatic hydroxyl groups is 1. The van der Waals surface area contributed by atoms with E-state index in [1.807, 2.05) is 5.38 Å². The van der Waals surface area contributed by atoms with Gasteiger partial charge < -0.3 is 14.7 Å². The molecule has 2 atom stereocenters. The molecule has 1 aromatic heterocycles. The van der Waals surface area contributed by atoms with Crippen LogP contribution < -0.4 is 4.74 Å². The minimum absolute atomic E-state index is 0.0275. The first-order valence-electron chi connectivity index (χ1n) is 5.72. The molecule has 2 unspecified atom stereocenters. The van der Waals surface area contributed by atoms with Crippen molar-refractivity contribution >= 4 is 17.2 Å². The van der Waals surface area contributed by atoms with E-state index in [9.17, 15) is 9.90 Å². The summed E-state index contributed by atoms with van der Waals surface area (Å²) in [4.78, 5) is 14.7. The number of amides is 1. The molecule has 1 aromatic rings. The second kappa shape index (κ2) is 5.06. The molecular weight excluding hydrogens is 238 g/mol. The molecule has 4 nitrogen and oxygen atoms in total. The van der Waals surface area contributed by atoms with E-state index in [0.717, 1.165) is 6.42 Å². The fourth-order valence-corrected chi connectivity index (χ4v) is 3.10. The van der Waals surface area contributed by atoms with Gasteiger partial charge in [-0.05, 0) is 23.8 Å². The van der Waals surface area contributed by atoms with Crippen LogP contribution in [-0.4, -0.2) is 42.2 Å². The van der Waals surface area contributed by atoms with E-state index in [1.165, 1.54) is 11.3 Å². The van der Waals surface area contributed by atoms with Crippen LogP contribution in [0.5, 0.6) is 5.75 Å². The van der Waals surface area contributed by atoms with Crippen LogP contribution in [-0.2, 0) is 0 Å². The lowest BCUT2D eigenvalue weighted by Crippen LogP contribution is -2.39. The zero-order chi connectivity index (χ0) is 12.4. The van der Waals surface area contributed by atoms with E-state index in [0.29, 0.717) is 23.1 Å². The third-order valence-corrected chi connectivity index (χ3v) is 4.26. The van der Waals surface area contributed by atoms with Gasteiger partial charge in [-0.2, -0.15) is 0 Å². The molecule has 1 aliphatic rings. The van der Waals surface area contributed by atoms with E-state index >= 15 is 0 Å². The highest BCUT2D eigenvalue weighted by molar-refractivity contribution is 7.12. The van der Waals surface area contributed by atoms with Gasteiger partial charge in [0, 0.05) is 6.54 Å². The molecule has 0 aliphatic carbocycles. The topological polar surface area (TPSA) is 49.8 Å². The van der Waals surface area contributed by atoms with Gasteiger partial charge in [0.1, 0.15) is 10.6 Å². The number of carbonyl (C=O) groups is 1. The van der Waals surface area contributed by atoms with Gasteiger partial charge >= 0.3 is 0 Å². The minimum atomic E-state index is -0.0608. The molecule has 1 saturated heterocycles. The number of likely N-dealkylation sites (tertiary alicyclic amines) is 1.